The van der Waals surface area contributed by atoms with Crippen molar-refractivity contribution >= 4 is 22.2 Å². The van der Waals surface area contributed by atoms with E-state index in [0.29, 0.717) is 11.3 Å². The van der Waals surface area contributed by atoms with E-state index in [4.69, 9.17) is 0 Å². The molecular weight excluding hydrogens is 246 g/mol. The molecule has 0 atom stereocenters. The summed E-state index contributed by atoms with van der Waals surface area (Å²) in [6.07, 6.45) is 3.77. The third-order valence-electron chi connectivity index (χ3n) is 1.79. The Kier molecular flexibility index (Phi) is 2.41. The lowest BCUT2D eigenvalue weighted by Crippen LogP contribution is -1.99. The van der Waals surface area contributed by atoms with Crippen molar-refractivity contribution in [1.29, 1.82) is 0 Å². The number of hydrogen-bond acceptors (Lipinski definition) is 3. The summed E-state index contributed by atoms with van der Waals surface area (Å²) in [6, 6.07) is 5.36. The minimum Gasteiger partial charge on any atom is -0.298 e. The Morgan fingerprint density at radius 1 is 1.43 bits per heavy atom. The van der Waals surface area contributed by atoms with Crippen LogP contribution >= 0.6 is 15.9 Å². The predicted octanol–water partition coefficient (Wildman–Crippen LogP) is 1.84. The molecule has 0 fully saturated rings. The lowest BCUT2D eigenvalue weighted by atomic mass is 10.2. The van der Waals surface area contributed by atoms with Crippen molar-refractivity contribution < 1.29 is 4.79 Å². The van der Waals surface area contributed by atoms with Crippen molar-refractivity contribution in [3.8, 4) is 5.69 Å². The number of carbonyl (C=O) groups excluding carboxylic acids is 1. The Morgan fingerprint density at radius 3 is 2.93 bits per heavy atom. The van der Waals surface area contributed by atoms with Gasteiger partial charge in [0.1, 0.15) is 12.7 Å². The zero-order chi connectivity index (χ0) is 9.97. The van der Waals surface area contributed by atoms with Crippen LogP contribution in [-0.2, 0) is 0 Å². The van der Waals surface area contributed by atoms with Gasteiger partial charge in [-0.2, -0.15) is 5.10 Å². The van der Waals surface area contributed by atoms with Gasteiger partial charge in [-0.3, -0.25) is 4.79 Å². The van der Waals surface area contributed by atoms with Crippen LogP contribution in [0, 0.1) is 0 Å². The molecule has 0 aliphatic rings. The predicted molar refractivity (Wildman–Crippen MR) is 54.4 cm³/mol. The molecule has 0 aliphatic heterocycles. The summed E-state index contributed by atoms with van der Waals surface area (Å²) >= 11 is 3.33. The average Bonchev–Trinajstić information content (AvgIpc) is 2.70. The van der Waals surface area contributed by atoms with Crippen LogP contribution in [0.2, 0.25) is 0 Å². The Morgan fingerprint density at radius 2 is 2.29 bits per heavy atom. The summed E-state index contributed by atoms with van der Waals surface area (Å²) in [6.45, 7) is 0. The van der Waals surface area contributed by atoms with E-state index in [2.05, 4.69) is 26.0 Å². The topological polar surface area (TPSA) is 47.8 Å². The number of hydrogen-bond donors (Lipinski definition) is 0. The van der Waals surface area contributed by atoms with E-state index in [-0.39, 0.29) is 0 Å². The Bertz CT molecular complexity index is 453. The number of aldehydes is 1. The number of carbonyl (C=O) groups is 1. The molecule has 1 aromatic carbocycles. The molecule has 0 N–H and O–H groups in total. The van der Waals surface area contributed by atoms with Gasteiger partial charge in [0.2, 0.25) is 0 Å². The first-order chi connectivity index (χ1) is 6.81. The Hall–Kier alpha value is -1.49. The fraction of sp³-hybridized carbons (Fsp3) is 0. The van der Waals surface area contributed by atoms with Crippen LogP contribution in [0.1, 0.15) is 10.4 Å². The van der Waals surface area contributed by atoms with E-state index in [1.807, 2.05) is 12.1 Å². The average molecular weight is 252 g/mol. The van der Waals surface area contributed by atoms with E-state index in [0.717, 1.165) is 10.8 Å². The van der Waals surface area contributed by atoms with Gasteiger partial charge in [0.05, 0.1) is 5.69 Å². The van der Waals surface area contributed by atoms with Crippen molar-refractivity contribution in [2.24, 2.45) is 0 Å². The van der Waals surface area contributed by atoms with Gasteiger partial charge in [0.25, 0.3) is 0 Å². The molecule has 0 saturated heterocycles. The van der Waals surface area contributed by atoms with E-state index in [1.165, 1.54) is 6.33 Å². The van der Waals surface area contributed by atoms with Gasteiger partial charge < -0.3 is 0 Å². The molecule has 0 spiro atoms. The summed E-state index contributed by atoms with van der Waals surface area (Å²) in [7, 11) is 0. The number of halogens is 1. The lowest BCUT2D eigenvalue weighted by molar-refractivity contribution is 0.112. The summed E-state index contributed by atoms with van der Waals surface area (Å²) < 4.78 is 2.45. The maximum atomic E-state index is 10.8. The van der Waals surface area contributed by atoms with Crippen LogP contribution < -0.4 is 0 Å². The van der Waals surface area contributed by atoms with Crippen molar-refractivity contribution in [3.63, 3.8) is 0 Å². The van der Waals surface area contributed by atoms with Crippen molar-refractivity contribution in [1.82, 2.24) is 14.8 Å². The van der Waals surface area contributed by atoms with Gasteiger partial charge in [-0.25, -0.2) is 9.67 Å². The molecule has 1 heterocycles. The van der Waals surface area contributed by atoms with E-state index in [1.54, 1.807) is 17.1 Å². The second-order valence-electron chi connectivity index (χ2n) is 2.66. The summed E-state index contributed by atoms with van der Waals surface area (Å²) in [5.74, 6) is 0. The van der Waals surface area contributed by atoms with Crippen LogP contribution in [0.15, 0.2) is 35.3 Å². The van der Waals surface area contributed by atoms with E-state index >= 15 is 0 Å². The zero-order valence-electron chi connectivity index (χ0n) is 7.09. The fourth-order valence-electron chi connectivity index (χ4n) is 1.15. The van der Waals surface area contributed by atoms with Gasteiger partial charge in [0.15, 0.2) is 6.29 Å². The van der Waals surface area contributed by atoms with Crippen molar-refractivity contribution in [2.75, 3.05) is 0 Å². The summed E-state index contributed by atoms with van der Waals surface area (Å²) in [5.41, 5.74) is 1.30. The maximum Gasteiger partial charge on any atom is 0.152 e. The Labute approximate surface area is 88.7 Å². The molecule has 14 heavy (non-hydrogen) atoms. The van der Waals surface area contributed by atoms with Crippen LogP contribution in [0.3, 0.4) is 0 Å². The highest BCUT2D eigenvalue weighted by atomic mass is 79.9. The molecule has 1 aromatic heterocycles. The summed E-state index contributed by atoms with van der Waals surface area (Å²) in [5, 5.41) is 3.96. The normalized spacial score (nSPS) is 10.1. The van der Waals surface area contributed by atoms with Gasteiger partial charge in [-0.15, -0.1) is 0 Å². The highest BCUT2D eigenvalue weighted by molar-refractivity contribution is 9.10. The minimum absolute atomic E-state index is 0.582. The first-order valence-corrected chi connectivity index (χ1v) is 4.70. The molecule has 2 aromatic rings. The molecule has 4 nitrogen and oxygen atoms in total. The molecule has 5 heteroatoms. The molecule has 0 aliphatic carbocycles. The van der Waals surface area contributed by atoms with Crippen LogP contribution in [0.4, 0.5) is 0 Å². The van der Waals surface area contributed by atoms with Gasteiger partial charge in [-0.05, 0) is 18.2 Å². The largest absolute Gasteiger partial charge is 0.298 e. The molecule has 70 valence electrons. The second kappa shape index (κ2) is 3.71. The monoisotopic (exact) mass is 251 g/mol. The van der Waals surface area contributed by atoms with Crippen molar-refractivity contribution in [2.45, 2.75) is 0 Å². The number of benzene rings is 1. The second-order valence-corrected chi connectivity index (χ2v) is 3.58. The first-order valence-electron chi connectivity index (χ1n) is 3.91. The lowest BCUT2D eigenvalue weighted by Gasteiger charge is -2.03. The standard InChI is InChI=1S/C9H6BrN3O/c10-8-2-1-7(4-14)9(3-8)13-6-11-5-12-13/h1-6H. The quantitative estimate of drug-likeness (QED) is 0.766. The number of rotatable bonds is 2. The number of nitrogens with zero attached hydrogens (tertiary/aromatic N) is 3. The molecular formula is C9H6BrN3O. The van der Waals surface area contributed by atoms with Crippen LogP contribution in [-0.4, -0.2) is 21.1 Å². The van der Waals surface area contributed by atoms with Crippen LogP contribution in [0.5, 0.6) is 0 Å². The first kappa shape index (κ1) is 9.08. The third kappa shape index (κ3) is 1.58. The Balaban J connectivity index is 2.61. The minimum atomic E-state index is 0.582. The highest BCUT2D eigenvalue weighted by Gasteiger charge is 2.04. The molecule has 0 bridgehead atoms. The molecule has 2 rings (SSSR count). The van der Waals surface area contributed by atoms with Crippen molar-refractivity contribution in [3.05, 3.63) is 40.9 Å². The molecule has 0 amide bonds. The smallest absolute Gasteiger partial charge is 0.152 e. The third-order valence-corrected chi connectivity index (χ3v) is 2.28. The van der Waals surface area contributed by atoms with Gasteiger partial charge >= 0.3 is 0 Å². The van der Waals surface area contributed by atoms with Crippen LogP contribution in [0.25, 0.3) is 5.69 Å². The SMILES string of the molecule is O=Cc1ccc(Br)cc1-n1cncn1. The molecule has 0 unspecified atom stereocenters. The highest BCUT2D eigenvalue weighted by Crippen LogP contribution is 2.18. The fourth-order valence-corrected chi connectivity index (χ4v) is 1.50. The summed E-state index contributed by atoms with van der Waals surface area (Å²) in [4.78, 5) is 14.6. The van der Waals surface area contributed by atoms with Gasteiger partial charge in [0, 0.05) is 10.0 Å². The zero-order valence-corrected chi connectivity index (χ0v) is 8.68. The van der Waals surface area contributed by atoms with E-state index in [9.17, 15) is 4.79 Å². The van der Waals surface area contributed by atoms with Gasteiger partial charge in [-0.1, -0.05) is 15.9 Å². The molecule has 0 radical (unpaired) electrons. The number of aromatic nitrogens is 3. The molecule has 0 saturated carbocycles. The maximum absolute atomic E-state index is 10.8. The van der Waals surface area contributed by atoms with E-state index < -0.39 is 0 Å².